The first kappa shape index (κ1) is 15.7. The van der Waals surface area contributed by atoms with E-state index in [0.29, 0.717) is 24.1 Å². The molecule has 3 unspecified atom stereocenters. The molecule has 0 amide bonds. The van der Waals surface area contributed by atoms with Crippen molar-refractivity contribution < 1.29 is 4.52 Å². The van der Waals surface area contributed by atoms with Crippen LogP contribution < -0.4 is 5.73 Å². The number of rotatable bonds is 7. The van der Waals surface area contributed by atoms with Crippen LogP contribution in [0.3, 0.4) is 0 Å². The summed E-state index contributed by atoms with van der Waals surface area (Å²) in [6.07, 6.45) is 2.64. The predicted octanol–water partition coefficient (Wildman–Crippen LogP) is 3.53. The highest BCUT2D eigenvalue weighted by molar-refractivity contribution is 5.25. The average Bonchev–Trinajstić information content (AvgIpc) is 2.96. The van der Waals surface area contributed by atoms with Gasteiger partial charge < -0.3 is 10.3 Å². The molecule has 0 spiro atoms. The Bertz CT molecular complexity index is 538. The third-order valence-electron chi connectivity index (χ3n) is 4.09. The molecule has 2 rings (SSSR count). The molecule has 4 nitrogen and oxygen atoms in total. The topological polar surface area (TPSA) is 64.9 Å². The highest BCUT2D eigenvalue weighted by atomic mass is 16.5. The lowest BCUT2D eigenvalue weighted by Crippen LogP contribution is -2.22. The van der Waals surface area contributed by atoms with E-state index in [1.54, 1.807) is 0 Å². The number of hydrogen-bond acceptors (Lipinski definition) is 4. The lowest BCUT2D eigenvalue weighted by Gasteiger charge is -2.19. The average molecular weight is 287 g/mol. The molecule has 1 aromatic heterocycles. The van der Waals surface area contributed by atoms with Crippen molar-refractivity contribution in [3.8, 4) is 0 Å². The van der Waals surface area contributed by atoms with Gasteiger partial charge in [0.1, 0.15) is 0 Å². The highest BCUT2D eigenvalue weighted by Crippen LogP contribution is 2.32. The molecule has 2 N–H and O–H groups in total. The fourth-order valence-corrected chi connectivity index (χ4v) is 2.47. The molecule has 114 valence electrons. The van der Waals surface area contributed by atoms with Gasteiger partial charge in [0, 0.05) is 12.5 Å². The maximum atomic E-state index is 5.97. The maximum Gasteiger partial charge on any atom is 0.234 e. The molecule has 2 aromatic rings. The van der Waals surface area contributed by atoms with Crippen molar-refractivity contribution in [3.63, 3.8) is 0 Å². The number of nitrogens with zero attached hydrogens (tertiary/aromatic N) is 2. The van der Waals surface area contributed by atoms with Crippen LogP contribution >= 0.6 is 0 Å². The molecule has 0 saturated carbocycles. The van der Waals surface area contributed by atoms with Crippen molar-refractivity contribution in [1.82, 2.24) is 10.1 Å². The second kappa shape index (κ2) is 7.36. The van der Waals surface area contributed by atoms with E-state index in [1.165, 1.54) is 5.56 Å². The van der Waals surface area contributed by atoms with E-state index in [1.807, 2.05) is 6.07 Å². The van der Waals surface area contributed by atoms with Crippen molar-refractivity contribution in [2.75, 3.05) is 0 Å². The maximum absolute atomic E-state index is 5.97. The molecule has 0 bridgehead atoms. The van der Waals surface area contributed by atoms with Gasteiger partial charge in [0.2, 0.25) is 5.89 Å². The summed E-state index contributed by atoms with van der Waals surface area (Å²) in [6, 6.07) is 10.5. The van der Waals surface area contributed by atoms with E-state index >= 15 is 0 Å². The van der Waals surface area contributed by atoms with Gasteiger partial charge >= 0.3 is 0 Å². The number of aromatic nitrogens is 2. The second-order valence-electron chi connectivity index (χ2n) is 5.70. The third-order valence-corrected chi connectivity index (χ3v) is 4.09. The van der Waals surface area contributed by atoms with Gasteiger partial charge in [-0.15, -0.1) is 0 Å². The van der Waals surface area contributed by atoms with Crippen LogP contribution in [0.4, 0.5) is 0 Å². The van der Waals surface area contributed by atoms with Gasteiger partial charge in [-0.25, -0.2) is 0 Å². The van der Waals surface area contributed by atoms with Gasteiger partial charge in [0.25, 0.3) is 0 Å². The number of benzene rings is 1. The Morgan fingerprint density at radius 2 is 1.86 bits per heavy atom. The summed E-state index contributed by atoms with van der Waals surface area (Å²) in [5.74, 6) is 2.01. The van der Waals surface area contributed by atoms with Gasteiger partial charge in [-0.05, 0) is 17.9 Å². The molecule has 0 saturated heterocycles. The van der Waals surface area contributed by atoms with E-state index in [0.717, 1.165) is 12.8 Å². The van der Waals surface area contributed by atoms with Crippen LogP contribution in [-0.2, 0) is 6.42 Å². The van der Waals surface area contributed by atoms with Crippen LogP contribution in [0.25, 0.3) is 0 Å². The lowest BCUT2D eigenvalue weighted by atomic mass is 9.85. The Balaban J connectivity index is 2.26. The minimum absolute atomic E-state index is 0.0919. The second-order valence-corrected chi connectivity index (χ2v) is 5.70. The van der Waals surface area contributed by atoms with Crippen molar-refractivity contribution >= 4 is 0 Å². The van der Waals surface area contributed by atoms with Gasteiger partial charge in [0.15, 0.2) is 5.82 Å². The molecule has 1 heterocycles. The zero-order valence-electron chi connectivity index (χ0n) is 13.1. The third kappa shape index (κ3) is 3.91. The Hall–Kier alpha value is -1.68. The first-order valence-electron chi connectivity index (χ1n) is 7.78. The van der Waals surface area contributed by atoms with Gasteiger partial charge in [-0.3, -0.25) is 0 Å². The van der Waals surface area contributed by atoms with E-state index in [-0.39, 0.29) is 12.0 Å². The first-order valence-corrected chi connectivity index (χ1v) is 7.78. The predicted molar refractivity (Wildman–Crippen MR) is 84.0 cm³/mol. The first-order chi connectivity index (χ1) is 10.2. The summed E-state index contributed by atoms with van der Waals surface area (Å²) < 4.78 is 5.53. The molecule has 0 fully saturated rings. The van der Waals surface area contributed by atoms with E-state index in [9.17, 15) is 0 Å². The molecule has 1 aromatic carbocycles. The van der Waals surface area contributed by atoms with Crippen molar-refractivity contribution in [2.45, 2.75) is 52.0 Å². The SMILES string of the molecule is CCC(N)Cc1noc(C(c2ccccc2)C(C)CC)n1. The van der Waals surface area contributed by atoms with E-state index < -0.39 is 0 Å². The molecule has 0 aliphatic rings. The molecule has 4 heteroatoms. The Kier molecular flexibility index (Phi) is 5.51. The van der Waals surface area contributed by atoms with Crippen LogP contribution in [-0.4, -0.2) is 16.2 Å². The minimum Gasteiger partial charge on any atom is -0.339 e. The molecule has 21 heavy (non-hydrogen) atoms. The fraction of sp³-hybridized carbons (Fsp3) is 0.529. The van der Waals surface area contributed by atoms with Crippen molar-refractivity contribution in [1.29, 1.82) is 0 Å². The van der Waals surface area contributed by atoms with Crippen LogP contribution in [0.1, 0.15) is 56.8 Å². The molecular weight excluding hydrogens is 262 g/mol. The van der Waals surface area contributed by atoms with Gasteiger partial charge in [0.05, 0.1) is 5.92 Å². The highest BCUT2D eigenvalue weighted by Gasteiger charge is 2.26. The number of hydrogen-bond donors (Lipinski definition) is 1. The van der Waals surface area contributed by atoms with Crippen molar-refractivity contribution in [3.05, 3.63) is 47.6 Å². The van der Waals surface area contributed by atoms with Crippen LogP contribution in [0, 0.1) is 5.92 Å². The molecule has 0 aliphatic carbocycles. The normalized spacial score (nSPS) is 15.6. The summed E-state index contributed by atoms with van der Waals surface area (Å²) in [6.45, 7) is 6.47. The Morgan fingerprint density at radius 3 is 2.48 bits per heavy atom. The molecule has 0 radical (unpaired) electrons. The minimum atomic E-state index is 0.0919. The quantitative estimate of drug-likeness (QED) is 0.846. The molecular formula is C17H25N3O. The van der Waals surface area contributed by atoms with Gasteiger partial charge in [-0.1, -0.05) is 62.7 Å². The Morgan fingerprint density at radius 1 is 1.14 bits per heavy atom. The van der Waals surface area contributed by atoms with Crippen LogP contribution in [0.2, 0.25) is 0 Å². The van der Waals surface area contributed by atoms with E-state index in [4.69, 9.17) is 10.3 Å². The largest absolute Gasteiger partial charge is 0.339 e. The summed E-state index contributed by atoms with van der Waals surface area (Å²) >= 11 is 0. The van der Waals surface area contributed by atoms with Crippen LogP contribution in [0.5, 0.6) is 0 Å². The monoisotopic (exact) mass is 287 g/mol. The summed E-state index contributed by atoms with van der Waals surface area (Å²) in [5, 5.41) is 4.10. The summed E-state index contributed by atoms with van der Waals surface area (Å²) in [4.78, 5) is 4.59. The zero-order valence-corrected chi connectivity index (χ0v) is 13.1. The number of nitrogens with two attached hydrogens (primary N) is 1. The lowest BCUT2D eigenvalue weighted by molar-refractivity contribution is 0.327. The van der Waals surface area contributed by atoms with E-state index in [2.05, 4.69) is 55.2 Å². The smallest absolute Gasteiger partial charge is 0.234 e. The zero-order chi connectivity index (χ0) is 15.2. The van der Waals surface area contributed by atoms with Gasteiger partial charge in [-0.2, -0.15) is 4.98 Å². The van der Waals surface area contributed by atoms with Crippen LogP contribution in [0.15, 0.2) is 34.9 Å². The molecule has 0 aliphatic heterocycles. The van der Waals surface area contributed by atoms with Crippen molar-refractivity contribution in [2.24, 2.45) is 11.7 Å². The molecule has 3 atom stereocenters. The summed E-state index contributed by atoms with van der Waals surface area (Å²) in [7, 11) is 0. The summed E-state index contributed by atoms with van der Waals surface area (Å²) in [5.41, 5.74) is 7.19. The Labute approximate surface area is 126 Å². The standard InChI is InChI=1S/C17H25N3O/c1-4-12(3)16(13-9-7-6-8-10-13)17-19-15(20-21-17)11-14(18)5-2/h6-10,12,14,16H,4-5,11,18H2,1-3H3. The fourth-order valence-electron chi connectivity index (χ4n) is 2.47.